The molecule has 1 aromatic heterocycles. The Morgan fingerprint density at radius 1 is 1.39 bits per heavy atom. The van der Waals surface area contributed by atoms with E-state index in [0.29, 0.717) is 18.1 Å². The predicted molar refractivity (Wildman–Crippen MR) is 108 cm³/mol. The van der Waals surface area contributed by atoms with Crippen LogP contribution in [0.2, 0.25) is 0 Å². The Kier molecular flexibility index (Phi) is 6.09. The molecule has 152 valence electrons. The first-order valence-corrected chi connectivity index (χ1v) is 12.0. The summed E-state index contributed by atoms with van der Waals surface area (Å²) in [5.41, 5.74) is 3.06. The Hall–Kier alpha value is -1.94. The molecule has 10 heteroatoms. The number of carbonyl (C=O) groups is 1. The van der Waals surface area contributed by atoms with Crippen LogP contribution in [0.25, 0.3) is 5.69 Å². The Morgan fingerprint density at radius 2 is 2.14 bits per heavy atom. The zero-order chi connectivity index (χ0) is 20.5. The van der Waals surface area contributed by atoms with Gasteiger partial charge in [0, 0.05) is 12.6 Å². The van der Waals surface area contributed by atoms with Gasteiger partial charge in [-0.2, -0.15) is 4.68 Å². The number of amides is 1. The lowest BCUT2D eigenvalue weighted by Crippen LogP contribution is -2.44. The van der Waals surface area contributed by atoms with Crippen molar-refractivity contribution in [2.45, 2.75) is 50.6 Å². The third kappa shape index (κ3) is 4.38. The van der Waals surface area contributed by atoms with Crippen molar-refractivity contribution in [2.24, 2.45) is 0 Å². The first kappa shape index (κ1) is 20.8. The van der Waals surface area contributed by atoms with Crippen LogP contribution in [0.1, 0.15) is 31.4 Å². The van der Waals surface area contributed by atoms with E-state index in [1.807, 2.05) is 32.9 Å². The van der Waals surface area contributed by atoms with Gasteiger partial charge in [-0.15, -0.1) is 5.10 Å². The molecule has 1 amide bonds. The van der Waals surface area contributed by atoms with Gasteiger partial charge in [0.15, 0.2) is 9.84 Å². The second-order valence-electron chi connectivity index (χ2n) is 7.10. The summed E-state index contributed by atoms with van der Waals surface area (Å²) in [6, 6.07) is 5.76. The minimum Gasteiger partial charge on any atom is -0.338 e. The summed E-state index contributed by atoms with van der Waals surface area (Å²) in [7, 11) is -3.05. The molecule has 1 saturated heterocycles. The molecule has 1 aliphatic heterocycles. The van der Waals surface area contributed by atoms with E-state index in [-0.39, 0.29) is 23.5 Å². The highest BCUT2D eigenvalue weighted by Crippen LogP contribution is 2.27. The number of rotatable bonds is 6. The SMILES string of the molecule is CCN(C(=O)[C@@H](C)Sc1nnnn1-c1ccc(C)cc1C)[C@H]1CCS(=O)(=O)C1. The van der Waals surface area contributed by atoms with Crippen LogP contribution in [0.5, 0.6) is 0 Å². The Morgan fingerprint density at radius 3 is 2.75 bits per heavy atom. The number of nitrogens with zero attached hydrogens (tertiary/aromatic N) is 5. The molecule has 0 N–H and O–H groups in total. The van der Waals surface area contributed by atoms with Crippen molar-refractivity contribution < 1.29 is 13.2 Å². The average molecular weight is 424 g/mol. The molecule has 0 spiro atoms. The molecule has 0 radical (unpaired) electrons. The molecular formula is C18H25N5O3S2. The van der Waals surface area contributed by atoms with E-state index in [2.05, 4.69) is 21.6 Å². The van der Waals surface area contributed by atoms with E-state index in [4.69, 9.17) is 0 Å². The topological polar surface area (TPSA) is 98.1 Å². The highest BCUT2D eigenvalue weighted by Gasteiger charge is 2.35. The van der Waals surface area contributed by atoms with Crippen LogP contribution in [0, 0.1) is 13.8 Å². The van der Waals surface area contributed by atoms with Crippen LogP contribution in [-0.2, 0) is 14.6 Å². The number of benzene rings is 1. The fourth-order valence-corrected chi connectivity index (χ4v) is 6.11. The molecule has 1 aliphatic rings. The summed E-state index contributed by atoms with van der Waals surface area (Å²) >= 11 is 1.28. The number of aromatic nitrogens is 4. The van der Waals surface area contributed by atoms with Gasteiger partial charge in [-0.3, -0.25) is 4.79 Å². The lowest BCUT2D eigenvalue weighted by Gasteiger charge is -2.29. The monoisotopic (exact) mass is 423 g/mol. The first-order chi connectivity index (χ1) is 13.2. The third-order valence-corrected chi connectivity index (χ3v) is 7.70. The van der Waals surface area contributed by atoms with Crippen molar-refractivity contribution in [3.63, 3.8) is 0 Å². The van der Waals surface area contributed by atoms with Crippen LogP contribution in [0.4, 0.5) is 0 Å². The molecule has 1 aromatic carbocycles. The lowest BCUT2D eigenvalue weighted by atomic mass is 10.1. The van der Waals surface area contributed by atoms with Crippen LogP contribution < -0.4 is 0 Å². The van der Waals surface area contributed by atoms with E-state index < -0.39 is 15.1 Å². The molecular weight excluding hydrogens is 398 g/mol. The summed E-state index contributed by atoms with van der Waals surface area (Å²) in [5.74, 6) is 0.0998. The van der Waals surface area contributed by atoms with Crippen LogP contribution in [-0.4, -0.2) is 68.8 Å². The maximum atomic E-state index is 13.0. The fourth-order valence-electron chi connectivity index (χ4n) is 3.50. The van der Waals surface area contributed by atoms with Crippen LogP contribution in [0.15, 0.2) is 23.4 Å². The van der Waals surface area contributed by atoms with Gasteiger partial charge in [-0.25, -0.2) is 8.42 Å². The largest absolute Gasteiger partial charge is 0.338 e. The number of sulfone groups is 1. The Labute approximate surface area is 169 Å². The quantitative estimate of drug-likeness (QED) is 0.653. The number of carbonyl (C=O) groups excluding carboxylic acids is 1. The van der Waals surface area contributed by atoms with E-state index in [1.165, 1.54) is 11.8 Å². The molecule has 3 rings (SSSR count). The summed E-state index contributed by atoms with van der Waals surface area (Å²) in [5, 5.41) is 12.0. The van der Waals surface area contributed by atoms with Crippen molar-refractivity contribution in [2.75, 3.05) is 18.1 Å². The number of aryl methyl sites for hydroxylation is 2. The predicted octanol–water partition coefficient (Wildman–Crippen LogP) is 1.80. The summed E-state index contributed by atoms with van der Waals surface area (Å²) in [4.78, 5) is 14.7. The van der Waals surface area contributed by atoms with Gasteiger partial charge in [0.1, 0.15) is 0 Å². The number of hydrogen-bond donors (Lipinski definition) is 0. The molecule has 8 nitrogen and oxygen atoms in total. The molecule has 2 heterocycles. The Bertz CT molecular complexity index is 973. The molecule has 2 atom stereocenters. The van der Waals surface area contributed by atoms with E-state index in [1.54, 1.807) is 16.5 Å². The highest BCUT2D eigenvalue weighted by atomic mass is 32.2. The Balaban J connectivity index is 1.77. The molecule has 0 aliphatic carbocycles. The van der Waals surface area contributed by atoms with E-state index in [0.717, 1.165) is 16.8 Å². The number of tetrazole rings is 1. The molecule has 28 heavy (non-hydrogen) atoms. The van der Waals surface area contributed by atoms with Crippen molar-refractivity contribution in [1.29, 1.82) is 0 Å². The van der Waals surface area contributed by atoms with E-state index in [9.17, 15) is 13.2 Å². The second kappa shape index (κ2) is 8.20. The summed E-state index contributed by atoms with van der Waals surface area (Å²) in [6.45, 7) is 8.17. The standard InChI is InChI=1S/C18H25N5O3S2/c1-5-22(15-8-9-28(25,26)11-15)17(24)14(4)27-18-19-20-21-23(18)16-7-6-12(2)10-13(16)3/h6-7,10,14-15H,5,8-9,11H2,1-4H3/t14-,15+/m1/s1. The lowest BCUT2D eigenvalue weighted by molar-refractivity contribution is -0.131. The summed E-state index contributed by atoms with van der Waals surface area (Å²) < 4.78 is 25.2. The van der Waals surface area contributed by atoms with E-state index >= 15 is 0 Å². The average Bonchev–Trinajstić information content (AvgIpc) is 3.22. The molecule has 2 aromatic rings. The zero-order valence-corrected chi connectivity index (χ0v) is 18.1. The number of thioether (sulfide) groups is 1. The van der Waals surface area contributed by atoms with Gasteiger partial charge in [-0.1, -0.05) is 29.5 Å². The normalized spacial score (nSPS) is 19.5. The highest BCUT2D eigenvalue weighted by molar-refractivity contribution is 8.00. The maximum Gasteiger partial charge on any atom is 0.236 e. The third-order valence-electron chi connectivity index (χ3n) is 4.92. The zero-order valence-electron chi connectivity index (χ0n) is 16.5. The molecule has 1 fully saturated rings. The van der Waals surface area contributed by atoms with Gasteiger partial charge in [-0.05, 0) is 56.2 Å². The van der Waals surface area contributed by atoms with Crippen molar-refractivity contribution in [3.05, 3.63) is 29.3 Å². The first-order valence-electron chi connectivity index (χ1n) is 9.25. The van der Waals surface area contributed by atoms with Crippen molar-refractivity contribution in [1.82, 2.24) is 25.1 Å². The summed E-state index contributed by atoms with van der Waals surface area (Å²) in [6.07, 6.45) is 0.500. The molecule has 0 unspecified atom stereocenters. The smallest absolute Gasteiger partial charge is 0.236 e. The fraction of sp³-hybridized carbons (Fsp3) is 0.556. The van der Waals surface area contributed by atoms with Crippen molar-refractivity contribution >= 4 is 27.5 Å². The maximum absolute atomic E-state index is 13.0. The second-order valence-corrected chi connectivity index (χ2v) is 10.6. The molecule has 0 saturated carbocycles. The van der Waals surface area contributed by atoms with Crippen LogP contribution in [0.3, 0.4) is 0 Å². The minimum atomic E-state index is -3.05. The van der Waals surface area contributed by atoms with Crippen molar-refractivity contribution in [3.8, 4) is 5.69 Å². The van der Waals surface area contributed by atoms with Gasteiger partial charge < -0.3 is 4.90 Å². The minimum absolute atomic E-state index is 0.0459. The van der Waals surface area contributed by atoms with Gasteiger partial charge in [0.05, 0.1) is 22.4 Å². The van der Waals surface area contributed by atoms with Gasteiger partial charge in [0.25, 0.3) is 0 Å². The van der Waals surface area contributed by atoms with Gasteiger partial charge >= 0.3 is 0 Å². The molecule has 0 bridgehead atoms. The van der Waals surface area contributed by atoms with Crippen LogP contribution >= 0.6 is 11.8 Å². The van der Waals surface area contributed by atoms with Gasteiger partial charge in [0.2, 0.25) is 11.1 Å². The number of hydrogen-bond acceptors (Lipinski definition) is 7.